The van der Waals surface area contributed by atoms with Crippen LogP contribution in [0.3, 0.4) is 0 Å². The lowest BCUT2D eigenvalue weighted by atomic mass is 9.93. The first-order chi connectivity index (χ1) is 21.3. The number of rotatable bonds is 7. The van der Waals surface area contributed by atoms with Gasteiger partial charge >= 0.3 is 11.9 Å². The van der Waals surface area contributed by atoms with Crippen molar-refractivity contribution in [1.82, 2.24) is 10.2 Å². The largest absolute Gasteiger partial charge is 0.507 e. The van der Waals surface area contributed by atoms with Crippen molar-refractivity contribution in [3.05, 3.63) is 124 Å². The van der Waals surface area contributed by atoms with E-state index in [0.717, 1.165) is 27.5 Å². The van der Waals surface area contributed by atoms with Crippen LogP contribution in [-0.4, -0.2) is 40.1 Å². The van der Waals surface area contributed by atoms with Crippen LogP contribution in [0.15, 0.2) is 94.8 Å². The number of hydrogen-bond donors (Lipinski definition) is 1. The van der Waals surface area contributed by atoms with Gasteiger partial charge in [-0.05, 0) is 59.5 Å². The van der Waals surface area contributed by atoms with Gasteiger partial charge in [-0.3, -0.25) is 14.5 Å². The maximum atomic E-state index is 13.6. The quantitative estimate of drug-likeness (QED) is 0.0516. The van der Waals surface area contributed by atoms with Gasteiger partial charge < -0.3 is 9.84 Å². The molecule has 8 nitrogen and oxygen atoms in total. The lowest BCUT2D eigenvalue weighted by molar-refractivity contribution is -0.132. The van der Waals surface area contributed by atoms with Crippen molar-refractivity contribution < 1.29 is 24.2 Å². The Kier molecular flexibility index (Phi) is 8.03. The molecule has 1 fully saturated rings. The number of anilines is 1. The molecule has 0 spiro atoms. The van der Waals surface area contributed by atoms with Gasteiger partial charge in [-0.25, -0.2) is 4.79 Å². The average molecular weight is 622 g/mol. The summed E-state index contributed by atoms with van der Waals surface area (Å²) in [6.07, 6.45) is 0. The maximum absolute atomic E-state index is 13.6. The molecule has 44 heavy (non-hydrogen) atoms. The van der Waals surface area contributed by atoms with Gasteiger partial charge in [-0.15, -0.1) is 10.2 Å². The van der Waals surface area contributed by atoms with E-state index in [1.54, 1.807) is 30.3 Å². The minimum absolute atomic E-state index is 0.0605. The molecule has 6 rings (SSSR count). The third-order valence-electron chi connectivity index (χ3n) is 7.57. The Morgan fingerprint density at radius 1 is 0.977 bits per heavy atom. The van der Waals surface area contributed by atoms with E-state index >= 15 is 0 Å². The van der Waals surface area contributed by atoms with Gasteiger partial charge in [0.25, 0.3) is 5.78 Å². The Morgan fingerprint density at radius 3 is 2.50 bits per heavy atom. The van der Waals surface area contributed by atoms with Crippen molar-refractivity contribution in [2.24, 2.45) is 0 Å². The molecule has 0 bridgehead atoms. The van der Waals surface area contributed by atoms with Gasteiger partial charge in [0.05, 0.1) is 24.3 Å². The van der Waals surface area contributed by atoms with Crippen molar-refractivity contribution >= 4 is 62.4 Å². The highest BCUT2D eigenvalue weighted by Gasteiger charge is 2.48. The highest BCUT2D eigenvalue weighted by atomic mass is 32.2. The zero-order chi connectivity index (χ0) is 31.0. The number of hydrogen-bond acceptors (Lipinski definition) is 9. The number of methoxy groups -OCH3 is 1. The second-order valence-electron chi connectivity index (χ2n) is 10.4. The topological polar surface area (TPSA) is 110 Å². The minimum Gasteiger partial charge on any atom is -0.507 e. The number of carbonyl (C=O) groups is 3. The molecule has 1 aliphatic heterocycles. The number of ketones is 1. The van der Waals surface area contributed by atoms with E-state index < -0.39 is 23.7 Å². The van der Waals surface area contributed by atoms with Gasteiger partial charge in [-0.1, -0.05) is 95.4 Å². The smallest absolute Gasteiger partial charge is 0.337 e. The summed E-state index contributed by atoms with van der Waals surface area (Å²) in [7, 11) is 1.29. The number of fused-ring (bicyclic) bond motifs is 1. The summed E-state index contributed by atoms with van der Waals surface area (Å²) in [5.41, 5.74) is 4.01. The highest BCUT2D eigenvalue weighted by molar-refractivity contribution is 8.00. The number of ether oxygens (including phenoxy) is 1. The number of carbonyl (C=O) groups excluding carboxylic acids is 3. The summed E-state index contributed by atoms with van der Waals surface area (Å²) in [6.45, 7) is 3.71. The molecule has 10 heteroatoms. The maximum Gasteiger partial charge on any atom is 0.337 e. The molecular formula is C34H27N3O5S2. The summed E-state index contributed by atoms with van der Waals surface area (Å²) in [4.78, 5) is 40.6. The lowest BCUT2D eigenvalue weighted by Gasteiger charge is -2.23. The van der Waals surface area contributed by atoms with E-state index in [0.29, 0.717) is 26.8 Å². The normalized spacial score (nSPS) is 16.1. The fourth-order valence-corrected chi connectivity index (χ4v) is 7.19. The highest BCUT2D eigenvalue weighted by Crippen LogP contribution is 2.44. The third-order valence-corrected chi connectivity index (χ3v) is 9.68. The standard InChI is InChI=1S/C34H27N3O5S2/c1-19-11-12-20(2)26(17-19)29(38)27-28(22-13-15-23(16-14-22)32(41)42-3)37(31(40)30(27)39)33-35-36-34(44-33)43-18-24-9-6-8-21-7-4-5-10-25(21)24/h4-17,28,38H,18H2,1-3H3. The molecule has 1 N–H and O–H groups in total. The molecule has 4 aromatic carbocycles. The number of aliphatic hydroxyl groups is 1. The summed E-state index contributed by atoms with van der Waals surface area (Å²) in [6, 6.07) is 25.3. The minimum atomic E-state index is -0.995. The van der Waals surface area contributed by atoms with Crippen LogP contribution in [-0.2, 0) is 20.1 Å². The Labute approximate surface area is 262 Å². The van der Waals surface area contributed by atoms with E-state index in [-0.39, 0.29) is 16.5 Å². The van der Waals surface area contributed by atoms with Crippen LogP contribution in [0.2, 0.25) is 0 Å². The molecule has 1 aliphatic rings. The fourth-order valence-electron chi connectivity index (χ4n) is 5.32. The first-order valence-electron chi connectivity index (χ1n) is 13.8. The number of amides is 1. The van der Waals surface area contributed by atoms with Crippen molar-refractivity contribution in [2.45, 2.75) is 30.0 Å². The van der Waals surface area contributed by atoms with Crippen LogP contribution in [0.25, 0.3) is 16.5 Å². The zero-order valence-corrected chi connectivity index (χ0v) is 25.7. The zero-order valence-electron chi connectivity index (χ0n) is 24.1. The van der Waals surface area contributed by atoms with E-state index in [1.165, 1.54) is 35.1 Å². The van der Waals surface area contributed by atoms with E-state index in [2.05, 4.69) is 34.5 Å². The van der Waals surface area contributed by atoms with Crippen molar-refractivity contribution in [3.63, 3.8) is 0 Å². The molecule has 1 aromatic heterocycles. The number of esters is 1. The van der Waals surface area contributed by atoms with Crippen molar-refractivity contribution in [3.8, 4) is 0 Å². The van der Waals surface area contributed by atoms with Crippen LogP contribution in [0.1, 0.15) is 44.2 Å². The Morgan fingerprint density at radius 2 is 1.73 bits per heavy atom. The van der Waals surface area contributed by atoms with Crippen LogP contribution in [0, 0.1) is 13.8 Å². The number of aliphatic hydroxyl groups excluding tert-OH is 1. The van der Waals surface area contributed by atoms with Gasteiger partial charge in [0.15, 0.2) is 4.34 Å². The van der Waals surface area contributed by atoms with Crippen LogP contribution in [0.4, 0.5) is 5.13 Å². The number of nitrogens with zero attached hydrogens (tertiary/aromatic N) is 3. The van der Waals surface area contributed by atoms with Crippen LogP contribution in [0.5, 0.6) is 0 Å². The molecule has 0 radical (unpaired) electrons. The molecule has 1 unspecified atom stereocenters. The van der Waals surface area contributed by atoms with Gasteiger partial charge in [0.2, 0.25) is 5.13 Å². The average Bonchev–Trinajstić information content (AvgIpc) is 3.62. The summed E-state index contributed by atoms with van der Waals surface area (Å²) in [5, 5.41) is 22.7. The molecule has 1 saturated heterocycles. The van der Waals surface area contributed by atoms with Crippen molar-refractivity contribution in [2.75, 3.05) is 12.0 Å². The number of Topliss-reactive ketones (excluding diaryl/α,β-unsaturated/α-hetero) is 1. The third kappa shape index (κ3) is 5.38. The van der Waals surface area contributed by atoms with Crippen LogP contribution < -0.4 is 4.90 Å². The van der Waals surface area contributed by atoms with Gasteiger partial charge in [0.1, 0.15) is 5.76 Å². The van der Waals surface area contributed by atoms with Gasteiger partial charge in [0, 0.05) is 11.3 Å². The van der Waals surface area contributed by atoms with E-state index in [9.17, 15) is 19.5 Å². The number of aryl methyl sites for hydroxylation is 2. The number of thioether (sulfide) groups is 1. The predicted octanol–water partition coefficient (Wildman–Crippen LogP) is 7.01. The Balaban J connectivity index is 1.40. The second kappa shape index (κ2) is 12.1. The molecule has 0 saturated carbocycles. The number of benzene rings is 4. The van der Waals surface area contributed by atoms with E-state index in [1.807, 2.05) is 44.2 Å². The summed E-state index contributed by atoms with van der Waals surface area (Å²) < 4.78 is 5.45. The van der Waals surface area contributed by atoms with Crippen molar-refractivity contribution in [1.29, 1.82) is 0 Å². The SMILES string of the molecule is COC(=O)c1ccc(C2C(=C(O)c3cc(C)ccc3C)C(=O)C(=O)N2c2nnc(SCc3cccc4ccccc34)s2)cc1. The monoisotopic (exact) mass is 621 g/mol. The molecule has 2 heterocycles. The summed E-state index contributed by atoms with van der Waals surface area (Å²) in [5.74, 6) is -1.80. The Bertz CT molecular complexity index is 1960. The van der Waals surface area contributed by atoms with E-state index in [4.69, 9.17) is 4.74 Å². The summed E-state index contributed by atoms with van der Waals surface area (Å²) >= 11 is 2.69. The molecular weight excluding hydrogens is 595 g/mol. The van der Waals surface area contributed by atoms with Gasteiger partial charge in [-0.2, -0.15) is 0 Å². The fraction of sp³-hybridized carbons (Fsp3) is 0.147. The molecule has 5 aromatic rings. The molecule has 1 amide bonds. The second-order valence-corrected chi connectivity index (χ2v) is 12.6. The molecule has 1 atom stereocenters. The Hall–Kier alpha value is -4.80. The predicted molar refractivity (Wildman–Crippen MR) is 172 cm³/mol. The molecule has 220 valence electrons. The number of aromatic nitrogens is 2. The lowest BCUT2D eigenvalue weighted by Crippen LogP contribution is -2.29. The first-order valence-corrected chi connectivity index (χ1v) is 15.6. The van der Waals surface area contributed by atoms with Crippen LogP contribution >= 0.6 is 23.1 Å². The first kappa shape index (κ1) is 29.3. The molecule has 0 aliphatic carbocycles.